The van der Waals surface area contributed by atoms with Crippen LogP contribution in [0.1, 0.15) is 23.7 Å². The van der Waals surface area contributed by atoms with Crippen molar-refractivity contribution in [2.45, 2.75) is 13.3 Å². The number of anilines is 1. The van der Waals surface area contributed by atoms with Crippen LogP contribution >= 0.6 is 0 Å². The predicted octanol–water partition coefficient (Wildman–Crippen LogP) is 1.35. The zero-order valence-corrected chi connectivity index (χ0v) is 11.9. The van der Waals surface area contributed by atoms with Crippen LogP contribution in [0.3, 0.4) is 0 Å². The first-order valence-electron chi connectivity index (χ1n) is 6.50. The summed E-state index contributed by atoms with van der Waals surface area (Å²) in [6.07, 6.45) is 0.898. The average molecular weight is 265 g/mol. The summed E-state index contributed by atoms with van der Waals surface area (Å²) in [5, 5.41) is 2.87. The highest BCUT2D eigenvalue weighted by Crippen LogP contribution is 2.24. The van der Waals surface area contributed by atoms with E-state index in [2.05, 4.69) is 10.2 Å². The predicted molar refractivity (Wildman–Crippen MR) is 77.5 cm³/mol. The number of nitrogens with one attached hydrogen (secondary N) is 1. The second-order valence-electron chi connectivity index (χ2n) is 4.57. The van der Waals surface area contributed by atoms with Crippen LogP contribution in [-0.2, 0) is 0 Å². The molecule has 0 saturated heterocycles. The van der Waals surface area contributed by atoms with Crippen LogP contribution < -0.4 is 15.8 Å². The van der Waals surface area contributed by atoms with E-state index in [1.807, 2.05) is 21.0 Å². The lowest BCUT2D eigenvalue weighted by atomic mass is 10.1. The molecule has 1 aromatic rings. The standard InChI is InChI=1S/C14H23N3O2/c1-4-19-12-8-5-7-11(15)13(12)14(18)16-9-6-10-17(2)3/h5,7-8H,4,6,9-10,15H2,1-3H3,(H,16,18). The molecule has 0 aliphatic carbocycles. The topological polar surface area (TPSA) is 67.6 Å². The molecule has 19 heavy (non-hydrogen) atoms. The Kier molecular flexibility index (Phi) is 6.15. The summed E-state index contributed by atoms with van der Waals surface area (Å²) in [7, 11) is 4.01. The van der Waals surface area contributed by atoms with Crippen LogP contribution in [0.4, 0.5) is 5.69 Å². The third kappa shape index (κ3) is 4.79. The number of ether oxygens (including phenoxy) is 1. The number of hydrogen-bond acceptors (Lipinski definition) is 4. The minimum absolute atomic E-state index is 0.180. The van der Waals surface area contributed by atoms with Gasteiger partial charge in [-0.15, -0.1) is 0 Å². The number of nitrogens with two attached hydrogens (primary N) is 1. The zero-order valence-electron chi connectivity index (χ0n) is 11.9. The minimum atomic E-state index is -0.180. The van der Waals surface area contributed by atoms with Gasteiger partial charge in [-0.05, 0) is 46.1 Å². The molecule has 0 bridgehead atoms. The molecular formula is C14H23N3O2. The maximum Gasteiger partial charge on any atom is 0.257 e. The molecule has 0 saturated carbocycles. The number of carbonyl (C=O) groups is 1. The summed E-state index contributed by atoms with van der Waals surface area (Å²) < 4.78 is 5.43. The van der Waals surface area contributed by atoms with Gasteiger partial charge in [0.15, 0.2) is 0 Å². The maximum atomic E-state index is 12.1. The highest BCUT2D eigenvalue weighted by Gasteiger charge is 2.15. The van der Waals surface area contributed by atoms with E-state index in [9.17, 15) is 4.79 Å². The molecule has 0 aliphatic heterocycles. The summed E-state index contributed by atoms with van der Waals surface area (Å²) in [5.74, 6) is 0.355. The van der Waals surface area contributed by atoms with Gasteiger partial charge in [-0.2, -0.15) is 0 Å². The van der Waals surface area contributed by atoms with Gasteiger partial charge in [-0.3, -0.25) is 4.79 Å². The van der Waals surface area contributed by atoms with E-state index in [1.54, 1.807) is 18.2 Å². The first kappa shape index (κ1) is 15.3. The number of nitrogen functional groups attached to an aromatic ring is 1. The van der Waals surface area contributed by atoms with Gasteiger partial charge in [0.25, 0.3) is 5.91 Å². The van der Waals surface area contributed by atoms with Gasteiger partial charge in [0.05, 0.1) is 6.61 Å². The van der Waals surface area contributed by atoms with Crippen molar-refractivity contribution in [1.82, 2.24) is 10.2 Å². The van der Waals surface area contributed by atoms with E-state index in [1.165, 1.54) is 0 Å². The van der Waals surface area contributed by atoms with Crippen molar-refractivity contribution < 1.29 is 9.53 Å². The molecule has 5 heteroatoms. The van der Waals surface area contributed by atoms with Crippen LogP contribution in [0.5, 0.6) is 5.75 Å². The van der Waals surface area contributed by atoms with Crippen molar-refractivity contribution in [3.63, 3.8) is 0 Å². The molecule has 0 heterocycles. The summed E-state index contributed by atoms with van der Waals surface area (Å²) >= 11 is 0. The van der Waals surface area contributed by atoms with Gasteiger partial charge in [0, 0.05) is 12.2 Å². The molecular weight excluding hydrogens is 242 g/mol. The van der Waals surface area contributed by atoms with Crippen molar-refractivity contribution >= 4 is 11.6 Å². The van der Waals surface area contributed by atoms with E-state index in [0.717, 1.165) is 13.0 Å². The maximum absolute atomic E-state index is 12.1. The third-order valence-electron chi connectivity index (χ3n) is 2.65. The van der Waals surface area contributed by atoms with Gasteiger partial charge in [-0.25, -0.2) is 0 Å². The fourth-order valence-electron chi connectivity index (χ4n) is 1.75. The molecule has 0 unspecified atom stereocenters. The van der Waals surface area contributed by atoms with Gasteiger partial charge in [-0.1, -0.05) is 6.07 Å². The Hall–Kier alpha value is -1.75. The highest BCUT2D eigenvalue weighted by molar-refractivity contribution is 6.01. The summed E-state index contributed by atoms with van der Waals surface area (Å²) in [6, 6.07) is 5.25. The number of carbonyl (C=O) groups excluding carboxylic acids is 1. The van der Waals surface area contributed by atoms with Gasteiger partial charge in [0.2, 0.25) is 0 Å². The normalized spacial score (nSPS) is 10.5. The molecule has 3 N–H and O–H groups in total. The Morgan fingerprint density at radius 1 is 1.42 bits per heavy atom. The lowest BCUT2D eigenvalue weighted by Crippen LogP contribution is -2.28. The van der Waals surface area contributed by atoms with Crippen molar-refractivity contribution in [2.75, 3.05) is 39.5 Å². The van der Waals surface area contributed by atoms with E-state index in [0.29, 0.717) is 30.2 Å². The van der Waals surface area contributed by atoms with Crippen LogP contribution in [0.25, 0.3) is 0 Å². The molecule has 1 amide bonds. The molecule has 1 rings (SSSR count). The molecule has 0 fully saturated rings. The molecule has 5 nitrogen and oxygen atoms in total. The highest BCUT2D eigenvalue weighted by atomic mass is 16.5. The van der Waals surface area contributed by atoms with E-state index in [-0.39, 0.29) is 5.91 Å². The summed E-state index contributed by atoms with van der Waals surface area (Å²) in [4.78, 5) is 14.2. The van der Waals surface area contributed by atoms with Crippen molar-refractivity contribution in [1.29, 1.82) is 0 Å². The number of amides is 1. The molecule has 0 radical (unpaired) electrons. The monoisotopic (exact) mass is 265 g/mol. The number of nitrogens with zero attached hydrogens (tertiary/aromatic N) is 1. The first-order chi connectivity index (χ1) is 9.06. The largest absolute Gasteiger partial charge is 0.493 e. The lowest BCUT2D eigenvalue weighted by Gasteiger charge is -2.13. The van der Waals surface area contributed by atoms with Gasteiger partial charge < -0.3 is 20.7 Å². The zero-order chi connectivity index (χ0) is 14.3. The molecule has 0 spiro atoms. The van der Waals surface area contributed by atoms with Gasteiger partial charge in [0.1, 0.15) is 11.3 Å². The van der Waals surface area contributed by atoms with Crippen molar-refractivity contribution in [2.24, 2.45) is 0 Å². The molecule has 0 aromatic heterocycles. The second-order valence-corrected chi connectivity index (χ2v) is 4.57. The van der Waals surface area contributed by atoms with Gasteiger partial charge >= 0.3 is 0 Å². The SMILES string of the molecule is CCOc1cccc(N)c1C(=O)NCCCN(C)C. The summed E-state index contributed by atoms with van der Waals surface area (Å²) in [5.41, 5.74) is 6.72. The molecule has 0 atom stereocenters. The molecule has 1 aromatic carbocycles. The number of hydrogen-bond donors (Lipinski definition) is 2. The van der Waals surface area contributed by atoms with Crippen LogP contribution in [0.15, 0.2) is 18.2 Å². The first-order valence-corrected chi connectivity index (χ1v) is 6.50. The quantitative estimate of drug-likeness (QED) is 0.577. The van der Waals surface area contributed by atoms with E-state index >= 15 is 0 Å². The molecule has 106 valence electrons. The lowest BCUT2D eigenvalue weighted by molar-refractivity contribution is 0.0949. The summed E-state index contributed by atoms with van der Waals surface area (Å²) in [6.45, 7) is 3.94. The Balaban J connectivity index is 2.65. The fraction of sp³-hybridized carbons (Fsp3) is 0.500. The number of benzene rings is 1. The smallest absolute Gasteiger partial charge is 0.257 e. The Bertz CT molecular complexity index is 419. The average Bonchev–Trinajstić information content (AvgIpc) is 2.35. The van der Waals surface area contributed by atoms with Crippen LogP contribution in [0, 0.1) is 0 Å². The fourth-order valence-corrected chi connectivity index (χ4v) is 1.75. The Morgan fingerprint density at radius 2 is 2.16 bits per heavy atom. The second kappa shape index (κ2) is 7.63. The Morgan fingerprint density at radius 3 is 2.79 bits per heavy atom. The van der Waals surface area contributed by atoms with Crippen molar-refractivity contribution in [3.8, 4) is 5.75 Å². The third-order valence-corrected chi connectivity index (χ3v) is 2.65. The minimum Gasteiger partial charge on any atom is -0.493 e. The Labute approximate surface area is 114 Å². The van der Waals surface area contributed by atoms with E-state index < -0.39 is 0 Å². The van der Waals surface area contributed by atoms with Crippen LogP contribution in [-0.4, -0.2) is 44.6 Å². The van der Waals surface area contributed by atoms with E-state index in [4.69, 9.17) is 10.5 Å². The number of rotatable bonds is 7. The van der Waals surface area contributed by atoms with Crippen LogP contribution in [0.2, 0.25) is 0 Å². The van der Waals surface area contributed by atoms with Crippen molar-refractivity contribution in [3.05, 3.63) is 23.8 Å². The molecule has 0 aliphatic rings.